The van der Waals surface area contributed by atoms with Gasteiger partial charge in [0.05, 0.1) is 11.5 Å². The van der Waals surface area contributed by atoms with Crippen molar-refractivity contribution in [3.8, 4) is 0 Å². The number of carbonyl (C=O) groups is 1. The maximum Gasteiger partial charge on any atom is 0.345 e. The number of esters is 1. The third-order valence-electron chi connectivity index (χ3n) is 5.83. The standard InChI is InChI=1S/C26H26N4O4.ClH/c27-20-11-9-18-15-19-10-12-21(28)17-25(19)29(24(18)16-20)13-5-1-2-6-14-34-26(31)22-7-3-4-8-23(22)30(32)33;/h3-4,7-12,15-17H,1-2,5-6,13-14H2,(H3,27,28);1H. The lowest BCUT2D eigenvalue weighted by Gasteiger charge is -2.08. The van der Waals surface area contributed by atoms with Gasteiger partial charge in [-0.25, -0.2) is 4.79 Å². The third kappa shape index (κ3) is 5.96. The molecular formula is C26H27ClN4O4. The van der Waals surface area contributed by atoms with Crippen LogP contribution < -0.4 is 28.4 Å². The smallest absolute Gasteiger partial charge is 0.345 e. The topological polar surface area (TPSA) is 125 Å². The van der Waals surface area contributed by atoms with Crippen molar-refractivity contribution in [2.45, 2.75) is 32.2 Å². The maximum atomic E-state index is 12.2. The first-order chi connectivity index (χ1) is 16.4. The van der Waals surface area contributed by atoms with Crippen molar-refractivity contribution in [2.24, 2.45) is 0 Å². The molecule has 0 aliphatic rings. The predicted molar refractivity (Wildman–Crippen MR) is 132 cm³/mol. The van der Waals surface area contributed by atoms with E-state index in [1.165, 1.54) is 18.2 Å². The first-order valence-electron chi connectivity index (χ1n) is 11.3. The van der Waals surface area contributed by atoms with Crippen molar-refractivity contribution in [2.75, 3.05) is 18.1 Å². The number of carbonyl (C=O) groups excluding carboxylic acids is 1. The van der Waals surface area contributed by atoms with Gasteiger partial charge in [-0.05, 0) is 55.7 Å². The highest BCUT2D eigenvalue weighted by molar-refractivity contribution is 5.94. The van der Waals surface area contributed by atoms with Crippen LogP contribution >= 0.6 is 0 Å². The van der Waals surface area contributed by atoms with E-state index >= 15 is 0 Å². The Hall–Kier alpha value is -3.91. The molecule has 4 aromatic rings. The van der Waals surface area contributed by atoms with Gasteiger partial charge in [0, 0.05) is 46.8 Å². The van der Waals surface area contributed by atoms with E-state index in [4.69, 9.17) is 16.2 Å². The highest BCUT2D eigenvalue weighted by Crippen LogP contribution is 2.23. The predicted octanol–water partition coefficient (Wildman–Crippen LogP) is 1.77. The molecule has 0 saturated carbocycles. The van der Waals surface area contributed by atoms with Crippen LogP contribution in [0.1, 0.15) is 36.0 Å². The number of halogens is 1. The molecule has 0 spiro atoms. The Labute approximate surface area is 209 Å². The summed E-state index contributed by atoms with van der Waals surface area (Å²) >= 11 is 0. The van der Waals surface area contributed by atoms with Crippen LogP contribution in [-0.4, -0.2) is 17.5 Å². The van der Waals surface area contributed by atoms with Gasteiger partial charge in [0.1, 0.15) is 12.1 Å². The van der Waals surface area contributed by atoms with E-state index in [1.807, 2.05) is 36.4 Å². The number of para-hydroxylation sites is 1. The number of hydrogen-bond donors (Lipinski definition) is 2. The number of anilines is 2. The zero-order valence-electron chi connectivity index (χ0n) is 19.2. The number of nitrogen functional groups attached to an aromatic ring is 2. The molecule has 0 radical (unpaired) electrons. The van der Waals surface area contributed by atoms with E-state index in [0.717, 1.165) is 47.6 Å². The summed E-state index contributed by atoms with van der Waals surface area (Å²) in [6.07, 6.45) is 3.43. The fourth-order valence-electron chi connectivity index (χ4n) is 4.14. The van der Waals surface area contributed by atoms with E-state index in [9.17, 15) is 14.9 Å². The molecule has 0 aliphatic carbocycles. The molecule has 0 fully saturated rings. The van der Waals surface area contributed by atoms with Crippen LogP contribution in [-0.2, 0) is 11.3 Å². The molecule has 0 saturated heterocycles. The molecule has 3 aromatic carbocycles. The minimum Gasteiger partial charge on any atom is -1.00 e. The molecule has 0 unspecified atom stereocenters. The lowest BCUT2D eigenvalue weighted by Crippen LogP contribution is -3.00. The van der Waals surface area contributed by atoms with Crippen LogP contribution in [0.3, 0.4) is 0 Å². The molecule has 4 N–H and O–H groups in total. The summed E-state index contributed by atoms with van der Waals surface area (Å²) in [6.45, 7) is 1.03. The lowest BCUT2D eigenvalue weighted by molar-refractivity contribution is -0.645. The van der Waals surface area contributed by atoms with E-state index in [0.29, 0.717) is 17.8 Å². The Bertz CT molecular complexity index is 1320. The summed E-state index contributed by atoms with van der Waals surface area (Å²) in [6, 6.07) is 19.8. The quantitative estimate of drug-likeness (QED) is 0.0694. The highest BCUT2D eigenvalue weighted by atomic mass is 35.5. The normalized spacial score (nSPS) is 10.7. The number of fused-ring (bicyclic) bond motifs is 2. The number of nitrogens with zero attached hydrogens (tertiary/aromatic N) is 2. The summed E-state index contributed by atoms with van der Waals surface area (Å²) < 4.78 is 7.50. The van der Waals surface area contributed by atoms with Crippen molar-refractivity contribution in [1.82, 2.24) is 0 Å². The van der Waals surface area contributed by atoms with Gasteiger partial charge in [-0.2, -0.15) is 4.57 Å². The number of aryl methyl sites for hydroxylation is 1. The van der Waals surface area contributed by atoms with Crippen molar-refractivity contribution in [3.63, 3.8) is 0 Å². The second kappa shape index (κ2) is 11.5. The van der Waals surface area contributed by atoms with Gasteiger partial charge in [0.15, 0.2) is 0 Å². The Balaban J connectivity index is 0.00000342. The maximum absolute atomic E-state index is 12.2. The van der Waals surface area contributed by atoms with Gasteiger partial charge < -0.3 is 28.6 Å². The molecule has 0 bridgehead atoms. The number of nitro benzene ring substituents is 1. The van der Waals surface area contributed by atoms with Crippen LogP contribution in [0.5, 0.6) is 0 Å². The van der Waals surface area contributed by atoms with Crippen molar-refractivity contribution >= 4 is 44.8 Å². The van der Waals surface area contributed by atoms with Crippen LogP contribution in [0.25, 0.3) is 21.8 Å². The molecule has 0 amide bonds. The molecule has 182 valence electrons. The Morgan fingerprint density at radius 2 is 1.46 bits per heavy atom. The minimum absolute atomic E-state index is 0. The van der Waals surface area contributed by atoms with Gasteiger partial charge in [-0.3, -0.25) is 10.1 Å². The van der Waals surface area contributed by atoms with Crippen LogP contribution in [0.4, 0.5) is 17.1 Å². The molecule has 8 nitrogen and oxygen atoms in total. The molecule has 9 heteroatoms. The van der Waals surface area contributed by atoms with E-state index in [2.05, 4.69) is 10.6 Å². The second-order valence-electron chi connectivity index (χ2n) is 8.26. The van der Waals surface area contributed by atoms with Gasteiger partial charge in [0.2, 0.25) is 11.0 Å². The Morgan fingerprint density at radius 1 is 0.857 bits per heavy atom. The summed E-state index contributed by atoms with van der Waals surface area (Å²) in [5, 5.41) is 13.3. The van der Waals surface area contributed by atoms with Crippen molar-refractivity contribution in [3.05, 3.63) is 82.4 Å². The minimum atomic E-state index is -0.666. The number of rotatable bonds is 9. The van der Waals surface area contributed by atoms with Crippen LogP contribution in [0.15, 0.2) is 66.7 Å². The lowest BCUT2D eigenvalue weighted by atomic mass is 10.1. The molecule has 0 atom stereocenters. The number of pyridine rings is 1. The number of nitrogens with two attached hydrogens (primary N) is 2. The number of unbranched alkanes of at least 4 members (excludes halogenated alkanes) is 3. The van der Waals surface area contributed by atoms with E-state index < -0.39 is 10.9 Å². The van der Waals surface area contributed by atoms with Gasteiger partial charge in [-0.15, -0.1) is 0 Å². The number of ether oxygens (including phenoxy) is 1. The Kier molecular flexibility index (Phi) is 8.43. The summed E-state index contributed by atoms with van der Waals surface area (Å²) in [7, 11) is 0. The van der Waals surface area contributed by atoms with Gasteiger partial charge >= 0.3 is 5.97 Å². The average Bonchev–Trinajstić information content (AvgIpc) is 2.83. The van der Waals surface area contributed by atoms with E-state index in [-0.39, 0.29) is 30.3 Å². The van der Waals surface area contributed by atoms with Crippen molar-refractivity contribution in [1.29, 1.82) is 0 Å². The number of benzene rings is 3. The summed E-state index contributed by atoms with van der Waals surface area (Å²) in [5.41, 5.74) is 15.4. The number of aromatic nitrogens is 1. The van der Waals surface area contributed by atoms with Crippen LogP contribution in [0, 0.1) is 10.1 Å². The molecule has 4 rings (SSSR count). The average molecular weight is 495 g/mol. The largest absolute Gasteiger partial charge is 1.00 e. The first kappa shape index (κ1) is 25.7. The third-order valence-corrected chi connectivity index (χ3v) is 5.83. The zero-order chi connectivity index (χ0) is 24.1. The Morgan fingerprint density at radius 3 is 2.09 bits per heavy atom. The molecule has 35 heavy (non-hydrogen) atoms. The zero-order valence-corrected chi connectivity index (χ0v) is 19.9. The van der Waals surface area contributed by atoms with E-state index in [1.54, 1.807) is 6.07 Å². The molecule has 0 aliphatic heterocycles. The van der Waals surface area contributed by atoms with Gasteiger partial charge in [-0.1, -0.05) is 12.1 Å². The second-order valence-corrected chi connectivity index (χ2v) is 8.26. The number of nitro groups is 1. The summed E-state index contributed by atoms with van der Waals surface area (Å²) in [4.78, 5) is 22.7. The highest BCUT2D eigenvalue weighted by Gasteiger charge is 2.20. The van der Waals surface area contributed by atoms with Gasteiger partial charge in [0.25, 0.3) is 5.69 Å². The molecule has 1 heterocycles. The fourth-order valence-corrected chi connectivity index (χ4v) is 4.14. The monoisotopic (exact) mass is 494 g/mol. The fraction of sp³-hybridized carbons (Fsp3) is 0.231. The molecule has 1 aromatic heterocycles. The SMILES string of the molecule is Nc1ccc2cc3ccc(N)cc3[n+](CCCCCCOC(=O)c3ccccc3[N+](=O)[O-])c2c1.[Cl-]. The number of hydrogen-bond acceptors (Lipinski definition) is 6. The first-order valence-corrected chi connectivity index (χ1v) is 11.3. The van der Waals surface area contributed by atoms with Crippen LogP contribution in [0.2, 0.25) is 0 Å². The summed E-state index contributed by atoms with van der Waals surface area (Å²) in [5.74, 6) is -0.666. The molecular weight excluding hydrogens is 468 g/mol. The van der Waals surface area contributed by atoms with Crippen molar-refractivity contribution < 1.29 is 31.4 Å².